The third kappa shape index (κ3) is 3.78. The monoisotopic (exact) mass is 299 g/mol. The molecule has 94 valence electrons. The quantitative estimate of drug-likeness (QED) is 0.840. The molecule has 3 heteroatoms. The highest BCUT2D eigenvalue weighted by Gasteiger charge is 2.21. The summed E-state index contributed by atoms with van der Waals surface area (Å²) in [4.78, 5) is 0. The van der Waals surface area contributed by atoms with Gasteiger partial charge in [-0.15, -0.1) is 0 Å². The van der Waals surface area contributed by atoms with Crippen molar-refractivity contribution in [1.29, 1.82) is 0 Å². The first-order valence-corrected chi connectivity index (χ1v) is 7.16. The van der Waals surface area contributed by atoms with E-state index in [0.29, 0.717) is 10.4 Å². The Morgan fingerprint density at radius 1 is 1.47 bits per heavy atom. The number of hydrogen-bond acceptors (Lipinski definition) is 1. The SMILES string of the molecule is CCC(CNC1CC1)Cc1cccc(F)c1Br. The second kappa shape index (κ2) is 5.96. The van der Waals surface area contributed by atoms with E-state index in [1.165, 1.54) is 18.9 Å². The van der Waals surface area contributed by atoms with Crippen molar-refractivity contribution in [3.63, 3.8) is 0 Å². The van der Waals surface area contributed by atoms with E-state index in [2.05, 4.69) is 28.2 Å². The zero-order valence-electron chi connectivity index (χ0n) is 10.2. The van der Waals surface area contributed by atoms with E-state index in [1.54, 1.807) is 6.07 Å². The largest absolute Gasteiger partial charge is 0.314 e. The Morgan fingerprint density at radius 3 is 2.88 bits per heavy atom. The van der Waals surface area contributed by atoms with Crippen LogP contribution < -0.4 is 5.32 Å². The zero-order chi connectivity index (χ0) is 12.3. The summed E-state index contributed by atoms with van der Waals surface area (Å²) in [7, 11) is 0. The molecule has 1 unspecified atom stereocenters. The van der Waals surface area contributed by atoms with Gasteiger partial charge in [0, 0.05) is 6.04 Å². The molecule has 0 bridgehead atoms. The van der Waals surface area contributed by atoms with Crippen LogP contribution in [-0.2, 0) is 6.42 Å². The summed E-state index contributed by atoms with van der Waals surface area (Å²) in [5.74, 6) is 0.432. The Kier molecular flexibility index (Phi) is 4.57. The summed E-state index contributed by atoms with van der Waals surface area (Å²) >= 11 is 3.33. The maximum atomic E-state index is 13.4. The van der Waals surface area contributed by atoms with Gasteiger partial charge >= 0.3 is 0 Å². The van der Waals surface area contributed by atoms with Gasteiger partial charge in [0.2, 0.25) is 0 Å². The van der Waals surface area contributed by atoms with E-state index in [9.17, 15) is 4.39 Å². The second-order valence-corrected chi connectivity index (χ2v) is 5.67. The molecule has 1 aromatic rings. The van der Waals surface area contributed by atoms with E-state index >= 15 is 0 Å². The van der Waals surface area contributed by atoms with Crippen LogP contribution in [0.5, 0.6) is 0 Å². The average Bonchev–Trinajstić information content (AvgIpc) is 3.13. The summed E-state index contributed by atoms with van der Waals surface area (Å²) in [5.41, 5.74) is 1.08. The van der Waals surface area contributed by atoms with E-state index in [-0.39, 0.29) is 5.82 Å². The lowest BCUT2D eigenvalue weighted by Gasteiger charge is -2.16. The minimum absolute atomic E-state index is 0.160. The fraction of sp³-hybridized carbons (Fsp3) is 0.571. The average molecular weight is 300 g/mol. The van der Waals surface area contributed by atoms with Crippen LogP contribution in [0.4, 0.5) is 4.39 Å². The second-order valence-electron chi connectivity index (χ2n) is 4.87. The molecular weight excluding hydrogens is 281 g/mol. The lowest BCUT2D eigenvalue weighted by Crippen LogP contribution is -2.25. The van der Waals surface area contributed by atoms with Gasteiger partial charge in [0.1, 0.15) is 5.82 Å². The van der Waals surface area contributed by atoms with Gasteiger partial charge < -0.3 is 5.32 Å². The highest BCUT2D eigenvalue weighted by molar-refractivity contribution is 9.10. The van der Waals surface area contributed by atoms with Gasteiger partial charge in [-0.2, -0.15) is 0 Å². The highest BCUT2D eigenvalue weighted by atomic mass is 79.9. The molecule has 1 atom stereocenters. The molecule has 1 saturated carbocycles. The van der Waals surface area contributed by atoms with Crippen molar-refractivity contribution in [2.75, 3.05) is 6.54 Å². The molecule has 1 aromatic carbocycles. The Labute approximate surface area is 111 Å². The predicted octanol–water partition coefficient (Wildman–Crippen LogP) is 3.91. The molecule has 2 rings (SSSR count). The van der Waals surface area contributed by atoms with Crippen LogP contribution in [0.1, 0.15) is 31.7 Å². The molecule has 0 radical (unpaired) electrons. The van der Waals surface area contributed by atoms with E-state index in [0.717, 1.165) is 31.0 Å². The predicted molar refractivity (Wildman–Crippen MR) is 72.6 cm³/mol. The summed E-state index contributed by atoms with van der Waals surface area (Å²) < 4.78 is 14.0. The number of benzene rings is 1. The zero-order valence-corrected chi connectivity index (χ0v) is 11.8. The Balaban J connectivity index is 1.93. The fourth-order valence-corrected chi connectivity index (χ4v) is 2.42. The van der Waals surface area contributed by atoms with Crippen LogP contribution in [0.3, 0.4) is 0 Å². The maximum Gasteiger partial charge on any atom is 0.137 e. The van der Waals surface area contributed by atoms with Gasteiger partial charge in [-0.1, -0.05) is 25.5 Å². The highest BCUT2D eigenvalue weighted by Crippen LogP contribution is 2.25. The third-order valence-electron chi connectivity index (χ3n) is 3.39. The van der Waals surface area contributed by atoms with Crippen LogP contribution >= 0.6 is 15.9 Å². The standard InChI is InChI=1S/C14H19BrFN/c1-2-10(9-17-12-6-7-12)8-11-4-3-5-13(16)14(11)15/h3-5,10,12,17H,2,6-9H2,1H3. The molecule has 17 heavy (non-hydrogen) atoms. The van der Waals surface area contributed by atoms with Crippen LogP contribution in [0, 0.1) is 11.7 Å². The Morgan fingerprint density at radius 2 is 2.24 bits per heavy atom. The van der Waals surface area contributed by atoms with Crippen molar-refractivity contribution >= 4 is 15.9 Å². The number of rotatable bonds is 6. The minimum Gasteiger partial charge on any atom is -0.314 e. The van der Waals surface area contributed by atoms with Gasteiger partial charge in [0.25, 0.3) is 0 Å². The van der Waals surface area contributed by atoms with Gasteiger partial charge in [-0.3, -0.25) is 0 Å². The molecule has 1 aliphatic carbocycles. The Bertz CT molecular complexity index is 376. The van der Waals surface area contributed by atoms with Gasteiger partial charge in [0.15, 0.2) is 0 Å². The van der Waals surface area contributed by atoms with Crippen molar-refractivity contribution in [2.45, 2.75) is 38.6 Å². The van der Waals surface area contributed by atoms with Crippen molar-refractivity contribution in [1.82, 2.24) is 5.32 Å². The molecule has 0 heterocycles. The van der Waals surface area contributed by atoms with Gasteiger partial charge in [0.05, 0.1) is 4.47 Å². The van der Waals surface area contributed by atoms with Crippen molar-refractivity contribution in [3.8, 4) is 0 Å². The summed E-state index contributed by atoms with van der Waals surface area (Å²) in [6.45, 7) is 3.25. The number of hydrogen-bond donors (Lipinski definition) is 1. The summed E-state index contributed by atoms with van der Waals surface area (Å²) in [6.07, 6.45) is 4.71. The molecule has 0 spiro atoms. The number of nitrogens with one attached hydrogen (secondary N) is 1. The van der Waals surface area contributed by atoms with E-state index in [1.807, 2.05) is 6.07 Å². The van der Waals surface area contributed by atoms with Crippen LogP contribution in [-0.4, -0.2) is 12.6 Å². The molecule has 1 fully saturated rings. The van der Waals surface area contributed by atoms with Crippen molar-refractivity contribution in [3.05, 3.63) is 34.1 Å². The molecule has 1 nitrogen and oxygen atoms in total. The van der Waals surface area contributed by atoms with Gasteiger partial charge in [-0.05, 0) is 59.3 Å². The molecule has 0 aliphatic heterocycles. The maximum absolute atomic E-state index is 13.4. The van der Waals surface area contributed by atoms with E-state index < -0.39 is 0 Å². The molecule has 1 aliphatic rings. The van der Waals surface area contributed by atoms with Crippen LogP contribution in [0.15, 0.2) is 22.7 Å². The van der Waals surface area contributed by atoms with Crippen LogP contribution in [0.2, 0.25) is 0 Å². The topological polar surface area (TPSA) is 12.0 Å². The van der Waals surface area contributed by atoms with Gasteiger partial charge in [-0.25, -0.2) is 4.39 Å². The van der Waals surface area contributed by atoms with E-state index in [4.69, 9.17) is 0 Å². The first-order chi connectivity index (χ1) is 8.20. The van der Waals surface area contributed by atoms with Crippen molar-refractivity contribution in [2.24, 2.45) is 5.92 Å². The molecule has 1 N–H and O–H groups in total. The minimum atomic E-state index is -0.160. The normalized spacial score (nSPS) is 17.1. The first-order valence-electron chi connectivity index (χ1n) is 6.37. The lowest BCUT2D eigenvalue weighted by atomic mass is 9.97. The smallest absolute Gasteiger partial charge is 0.137 e. The number of halogens is 2. The molecule has 0 saturated heterocycles. The first kappa shape index (κ1) is 13.0. The molecule has 0 amide bonds. The van der Waals surface area contributed by atoms with Crippen LogP contribution in [0.25, 0.3) is 0 Å². The molecular formula is C14H19BrFN. The molecule has 0 aromatic heterocycles. The lowest BCUT2D eigenvalue weighted by molar-refractivity contribution is 0.457. The van der Waals surface area contributed by atoms with Crippen molar-refractivity contribution < 1.29 is 4.39 Å². The summed E-state index contributed by atoms with van der Waals surface area (Å²) in [5, 5.41) is 3.55. The fourth-order valence-electron chi connectivity index (χ4n) is 2.00. The third-order valence-corrected chi connectivity index (χ3v) is 4.28. The summed E-state index contributed by atoms with van der Waals surface area (Å²) in [6, 6.07) is 6.04. The Hall–Kier alpha value is -0.410.